The van der Waals surface area contributed by atoms with E-state index in [1.54, 1.807) is 12.1 Å². The fourth-order valence-electron chi connectivity index (χ4n) is 3.02. The summed E-state index contributed by atoms with van der Waals surface area (Å²) in [7, 11) is 0. The van der Waals surface area contributed by atoms with E-state index in [0.29, 0.717) is 37.0 Å². The van der Waals surface area contributed by atoms with Crippen LogP contribution in [0, 0.1) is 0 Å². The van der Waals surface area contributed by atoms with Crippen molar-refractivity contribution in [3.8, 4) is 23.0 Å². The minimum absolute atomic E-state index is 0.0824. The number of carbonyl (C=O) groups excluding carboxylic acids is 1. The van der Waals surface area contributed by atoms with Crippen LogP contribution in [0.3, 0.4) is 0 Å². The molecule has 0 radical (unpaired) electrons. The molecule has 0 aromatic heterocycles. The Balaban J connectivity index is 1.24. The summed E-state index contributed by atoms with van der Waals surface area (Å²) in [5, 5.41) is 5.81. The van der Waals surface area contributed by atoms with Crippen molar-refractivity contribution in [2.75, 3.05) is 26.6 Å². The van der Waals surface area contributed by atoms with Gasteiger partial charge >= 0.3 is 6.03 Å². The zero-order chi connectivity index (χ0) is 18.6. The summed E-state index contributed by atoms with van der Waals surface area (Å²) >= 11 is 3.46. The van der Waals surface area contributed by atoms with Gasteiger partial charge in [-0.1, -0.05) is 15.9 Å². The number of carbonyl (C=O) groups is 1. The number of hydrogen-bond donors (Lipinski definition) is 2. The second kappa shape index (κ2) is 7.96. The highest BCUT2D eigenvalue weighted by molar-refractivity contribution is 9.10. The van der Waals surface area contributed by atoms with Gasteiger partial charge in [0.05, 0.1) is 19.2 Å². The van der Waals surface area contributed by atoms with Crippen LogP contribution >= 0.6 is 15.9 Å². The highest BCUT2D eigenvalue weighted by Gasteiger charge is 2.23. The molecular weight excluding hydrogens is 416 g/mol. The minimum atomic E-state index is -0.234. The maximum absolute atomic E-state index is 12.2. The van der Waals surface area contributed by atoms with Crippen LogP contribution in [0.15, 0.2) is 40.9 Å². The number of benzene rings is 2. The Morgan fingerprint density at radius 1 is 1.11 bits per heavy atom. The van der Waals surface area contributed by atoms with Gasteiger partial charge in [0.2, 0.25) is 6.79 Å². The van der Waals surface area contributed by atoms with Crippen molar-refractivity contribution in [3.05, 3.63) is 46.4 Å². The van der Waals surface area contributed by atoms with E-state index in [4.69, 9.17) is 18.9 Å². The molecule has 0 spiro atoms. The molecule has 1 unspecified atom stereocenters. The molecule has 1 atom stereocenters. The molecule has 8 heteroatoms. The Morgan fingerprint density at radius 2 is 1.96 bits per heavy atom. The van der Waals surface area contributed by atoms with Crippen molar-refractivity contribution < 1.29 is 23.7 Å². The molecule has 7 nitrogen and oxygen atoms in total. The Kier molecular flexibility index (Phi) is 5.24. The smallest absolute Gasteiger partial charge is 0.315 e. The van der Waals surface area contributed by atoms with Crippen LogP contribution in [0.1, 0.15) is 18.0 Å². The van der Waals surface area contributed by atoms with Gasteiger partial charge in [0.1, 0.15) is 18.1 Å². The number of halogens is 1. The van der Waals surface area contributed by atoms with Crippen molar-refractivity contribution in [1.82, 2.24) is 10.6 Å². The first-order chi connectivity index (χ1) is 13.2. The first-order valence-electron chi connectivity index (χ1n) is 8.68. The van der Waals surface area contributed by atoms with Crippen LogP contribution in [0.5, 0.6) is 23.0 Å². The molecule has 2 aromatic rings. The largest absolute Gasteiger partial charge is 0.493 e. The van der Waals surface area contributed by atoms with E-state index in [2.05, 4.69) is 26.6 Å². The molecular formula is C19H19BrN2O5. The van der Waals surface area contributed by atoms with E-state index in [0.717, 1.165) is 22.2 Å². The molecule has 142 valence electrons. The average Bonchev–Trinajstić information content (AvgIpc) is 3.13. The summed E-state index contributed by atoms with van der Waals surface area (Å²) in [5.41, 5.74) is 0.974. The quantitative estimate of drug-likeness (QED) is 0.705. The van der Waals surface area contributed by atoms with Crippen molar-refractivity contribution in [2.24, 2.45) is 0 Å². The van der Waals surface area contributed by atoms with Gasteiger partial charge in [0, 0.05) is 22.5 Å². The SMILES string of the molecule is O=C(NCCOc1ccc2c(c1)OCO2)NC1CCOc2ccc(Br)cc21. The second-order valence-electron chi connectivity index (χ2n) is 6.14. The number of fused-ring (bicyclic) bond motifs is 2. The van der Waals surface area contributed by atoms with Gasteiger partial charge < -0.3 is 29.6 Å². The van der Waals surface area contributed by atoms with Gasteiger partial charge in [-0.2, -0.15) is 0 Å². The molecule has 27 heavy (non-hydrogen) atoms. The average molecular weight is 435 g/mol. The molecule has 4 rings (SSSR count). The fraction of sp³-hybridized carbons (Fsp3) is 0.316. The standard InChI is InChI=1S/C19H19BrN2O5/c20-12-1-3-16-14(9-12)15(5-7-25-16)22-19(23)21-6-8-24-13-2-4-17-18(10-13)27-11-26-17/h1-4,9-10,15H,5-8,11H2,(H2,21,22,23). The molecule has 2 aromatic carbocycles. The van der Waals surface area contributed by atoms with E-state index in [-0.39, 0.29) is 18.9 Å². The third kappa shape index (κ3) is 4.21. The van der Waals surface area contributed by atoms with Crippen LogP contribution < -0.4 is 29.6 Å². The molecule has 0 fully saturated rings. The van der Waals surface area contributed by atoms with Crippen LogP contribution in [0.4, 0.5) is 4.79 Å². The van der Waals surface area contributed by atoms with Gasteiger partial charge in [0.25, 0.3) is 0 Å². The summed E-state index contributed by atoms with van der Waals surface area (Å²) < 4.78 is 22.8. The molecule has 0 bridgehead atoms. The summed E-state index contributed by atoms with van der Waals surface area (Å²) in [5.74, 6) is 2.86. The van der Waals surface area contributed by atoms with E-state index in [1.165, 1.54) is 0 Å². The lowest BCUT2D eigenvalue weighted by molar-refractivity contribution is 0.173. The Hall–Kier alpha value is -2.61. The van der Waals surface area contributed by atoms with E-state index >= 15 is 0 Å². The summed E-state index contributed by atoms with van der Waals surface area (Å²) in [6, 6.07) is 10.9. The molecule has 2 amide bonds. The fourth-order valence-corrected chi connectivity index (χ4v) is 3.40. The number of urea groups is 1. The van der Waals surface area contributed by atoms with E-state index in [1.807, 2.05) is 24.3 Å². The molecule has 2 heterocycles. The Morgan fingerprint density at radius 3 is 2.89 bits per heavy atom. The zero-order valence-corrected chi connectivity index (χ0v) is 16.1. The van der Waals surface area contributed by atoms with Gasteiger partial charge in [-0.15, -0.1) is 0 Å². The lowest BCUT2D eigenvalue weighted by atomic mass is 10.0. The molecule has 2 aliphatic rings. The molecule has 0 saturated carbocycles. The number of amides is 2. The maximum atomic E-state index is 12.2. The maximum Gasteiger partial charge on any atom is 0.315 e. The van der Waals surface area contributed by atoms with Crippen LogP contribution in [-0.2, 0) is 0 Å². The van der Waals surface area contributed by atoms with Crippen LogP contribution in [0.2, 0.25) is 0 Å². The summed E-state index contributed by atoms with van der Waals surface area (Å²) in [6.45, 7) is 1.54. The Labute approximate surface area is 165 Å². The highest BCUT2D eigenvalue weighted by Crippen LogP contribution is 2.35. The van der Waals surface area contributed by atoms with Gasteiger partial charge in [-0.3, -0.25) is 0 Å². The van der Waals surface area contributed by atoms with E-state index in [9.17, 15) is 4.79 Å². The van der Waals surface area contributed by atoms with Crippen LogP contribution in [0.25, 0.3) is 0 Å². The molecule has 0 saturated heterocycles. The number of rotatable bonds is 5. The first kappa shape index (κ1) is 17.8. The highest BCUT2D eigenvalue weighted by atomic mass is 79.9. The predicted molar refractivity (Wildman–Crippen MR) is 102 cm³/mol. The third-order valence-electron chi connectivity index (χ3n) is 4.32. The van der Waals surface area contributed by atoms with Gasteiger partial charge in [-0.05, 0) is 30.3 Å². The van der Waals surface area contributed by atoms with Crippen molar-refractivity contribution >= 4 is 22.0 Å². The predicted octanol–water partition coefficient (Wildman–Crippen LogP) is 3.38. The topological polar surface area (TPSA) is 78.1 Å². The Bertz CT molecular complexity index is 845. The monoisotopic (exact) mass is 434 g/mol. The molecule has 2 aliphatic heterocycles. The van der Waals surface area contributed by atoms with E-state index < -0.39 is 0 Å². The number of ether oxygens (including phenoxy) is 4. The summed E-state index contributed by atoms with van der Waals surface area (Å²) in [6.07, 6.45) is 0.727. The zero-order valence-electron chi connectivity index (χ0n) is 14.5. The third-order valence-corrected chi connectivity index (χ3v) is 4.81. The summed E-state index contributed by atoms with van der Waals surface area (Å²) in [4.78, 5) is 12.2. The number of nitrogens with one attached hydrogen (secondary N) is 2. The van der Waals surface area contributed by atoms with Crippen molar-refractivity contribution in [3.63, 3.8) is 0 Å². The lowest BCUT2D eigenvalue weighted by Gasteiger charge is -2.27. The van der Waals surface area contributed by atoms with Gasteiger partial charge in [0.15, 0.2) is 11.5 Å². The second-order valence-corrected chi connectivity index (χ2v) is 7.05. The first-order valence-corrected chi connectivity index (χ1v) is 9.47. The molecule has 0 aliphatic carbocycles. The van der Waals surface area contributed by atoms with Crippen molar-refractivity contribution in [1.29, 1.82) is 0 Å². The minimum Gasteiger partial charge on any atom is -0.493 e. The van der Waals surface area contributed by atoms with Crippen LogP contribution in [-0.4, -0.2) is 32.6 Å². The lowest BCUT2D eigenvalue weighted by Crippen LogP contribution is -2.41. The normalized spacial score (nSPS) is 16.9. The van der Waals surface area contributed by atoms with Gasteiger partial charge in [-0.25, -0.2) is 4.79 Å². The number of hydrogen-bond acceptors (Lipinski definition) is 5. The molecule has 2 N–H and O–H groups in total. The van der Waals surface area contributed by atoms with Crippen molar-refractivity contribution in [2.45, 2.75) is 12.5 Å².